The van der Waals surface area contributed by atoms with E-state index in [0.29, 0.717) is 36.2 Å². The Morgan fingerprint density at radius 1 is 1.21 bits per heavy atom. The topological polar surface area (TPSA) is 87.5 Å². The second-order valence-electron chi connectivity index (χ2n) is 7.84. The standard InChI is InChI=1S/C22H22N4O3/c1-12-7-18(29-11-12)22(28)26-9-15-16(10-26)20(15)25-21(27)14-8-24-17-6-4-3-5-13(17)19(14)23-2/h3-8,11,15-16,20H,9-10H2,1-2H3,(H,23,24)(H,25,27)/t15-,16+,20?. The van der Waals surface area contributed by atoms with Crippen molar-refractivity contribution < 1.29 is 14.0 Å². The molecule has 1 saturated heterocycles. The molecule has 7 heteroatoms. The Morgan fingerprint density at radius 2 is 1.97 bits per heavy atom. The molecule has 1 aliphatic heterocycles. The summed E-state index contributed by atoms with van der Waals surface area (Å²) in [6, 6.07) is 9.60. The molecule has 1 saturated carbocycles. The Labute approximate surface area is 168 Å². The van der Waals surface area contributed by atoms with Gasteiger partial charge in [0.15, 0.2) is 5.76 Å². The molecule has 3 aromatic rings. The number of amides is 2. The monoisotopic (exact) mass is 390 g/mol. The van der Waals surface area contributed by atoms with Crippen molar-refractivity contribution in [2.45, 2.75) is 13.0 Å². The highest BCUT2D eigenvalue weighted by atomic mass is 16.3. The SMILES string of the molecule is CNc1c(C(=O)NC2[C@H]3CN(C(=O)c4cc(C)co4)C[C@@H]23)cnc2ccccc12. The molecule has 1 unspecified atom stereocenters. The molecule has 29 heavy (non-hydrogen) atoms. The van der Waals surface area contributed by atoms with E-state index in [2.05, 4.69) is 15.6 Å². The van der Waals surface area contributed by atoms with Crippen LogP contribution in [0.15, 0.2) is 47.2 Å². The number of anilines is 1. The lowest BCUT2D eigenvalue weighted by Crippen LogP contribution is -2.37. The van der Waals surface area contributed by atoms with E-state index in [9.17, 15) is 9.59 Å². The predicted molar refractivity (Wildman–Crippen MR) is 109 cm³/mol. The van der Waals surface area contributed by atoms with Gasteiger partial charge in [0, 0.05) is 49.6 Å². The molecule has 2 aliphatic rings. The normalized spacial score (nSPS) is 22.4. The second-order valence-corrected chi connectivity index (χ2v) is 7.84. The number of aromatic nitrogens is 1. The summed E-state index contributed by atoms with van der Waals surface area (Å²) in [5.74, 6) is 0.763. The summed E-state index contributed by atoms with van der Waals surface area (Å²) in [6.45, 7) is 3.18. The van der Waals surface area contributed by atoms with Crippen LogP contribution < -0.4 is 10.6 Å². The van der Waals surface area contributed by atoms with Gasteiger partial charge in [-0.05, 0) is 24.6 Å². The summed E-state index contributed by atoms with van der Waals surface area (Å²) >= 11 is 0. The molecule has 0 radical (unpaired) electrons. The molecule has 0 bridgehead atoms. The van der Waals surface area contributed by atoms with Gasteiger partial charge in [-0.2, -0.15) is 0 Å². The molecule has 3 atom stereocenters. The first kappa shape index (κ1) is 17.7. The van der Waals surface area contributed by atoms with Crippen LogP contribution >= 0.6 is 0 Å². The minimum Gasteiger partial charge on any atom is -0.459 e. The van der Waals surface area contributed by atoms with Gasteiger partial charge in [0.25, 0.3) is 11.8 Å². The number of para-hydroxylation sites is 1. The predicted octanol–water partition coefficient (Wildman–Crippen LogP) is 2.68. The van der Waals surface area contributed by atoms with Gasteiger partial charge in [0.05, 0.1) is 23.0 Å². The van der Waals surface area contributed by atoms with Crippen molar-refractivity contribution in [3.63, 3.8) is 0 Å². The van der Waals surface area contributed by atoms with Gasteiger partial charge in [0.1, 0.15) is 0 Å². The zero-order valence-corrected chi connectivity index (χ0v) is 16.3. The van der Waals surface area contributed by atoms with Gasteiger partial charge in [-0.1, -0.05) is 18.2 Å². The van der Waals surface area contributed by atoms with Crippen molar-refractivity contribution in [1.29, 1.82) is 0 Å². The highest BCUT2D eigenvalue weighted by Crippen LogP contribution is 2.46. The zero-order chi connectivity index (χ0) is 20.1. The second kappa shape index (κ2) is 6.62. The number of rotatable bonds is 4. The van der Waals surface area contributed by atoms with Crippen LogP contribution in [0.2, 0.25) is 0 Å². The van der Waals surface area contributed by atoms with E-state index in [-0.39, 0.29) is 17.9 Å². The Bertz CT molecular complexity index is 1110. The molecule has 2 amide bonds. The molecule has 2 N–H and O–H groups in total. The molecular weight excluding hydrogens is 368 g/mol. The Kier molecular flexibility index (Phi) is 4.04. The largest absolute Gasteiger partial charge is 0.459 e. The number of pyridine rings is 1. The van der Waals surface area contributed by atoms with Crippen LogP contribution in [0.25, 0.3) is 10.9 Å². The first-order valence-corrected chi connectivity index (χ1v) is 9.77. The van der Waals surface area contributed by atoms with Crippen LogP contribution in [0.3, 0.4) is 0 Å². The summed E-state index contributed by atoms with van der Waals surface area (Å²) in [5.41, 5.74) is 3.10. The smallest absolute Gasteiger partial charge is 0.289 e. The quantitative estimate of drug-likeness (QED) is 0.715. The fourth-order valence-electron chi connectivity index (χ4n) is 4.42. The van der Waals surface area contributed by atoms with Gasteiger partial charge in [0.2, 0.25) is 0 Å². The maximum Gasteiger partial charge on any atom is 0.289 e. The van der Waals surface area contributed by atoms with Crippen molar-refractivity contribution in [1.82, 2.24) is 15.2 Å². The third kappa shape index (κ3) is 2.93. The van der Waals surface area contributed by atoms with Gasteiger partial charge in [-0.3, -0.25) is 14.6 Å². The van der Waals surface area contributed by atoms with Gasteiger partial charge in [-0.25, -0.2) is 0 Å². The van der Waals surface area contributed by atoms with E-state index in [1.165, 1.54) is 0 Å². The number of hydrogen-bond acceptors (Lipinski definition) is 5. The number of fused-ring (bicyclic) bond motifs is 2. The van der Waals surface area contributed by atoms with E-state index < -0.39 is 0 Å². The summed E-state index contributed by atoms with van der Waals surface area (Å²) in [7, 11) is 1.81. The fourth-order valence-corrected chi connectivity index (χ4v) is 4.42. The molecule has 5 rings (SSSR count). The van der Waals surface area contributed by atoms with Gasteiger partial charge >= 0.3 is 0 Å². The fraction of sp³-hybridized carbons (Fsp3) is 0.318. The Morgan fingerprint density at radius 3 is 2.66 bits per heavy atom. The van der Waals surface area contributed by atoms with E-state index >= 15 is 0 Å². The molecule has 0 spiro atoms. The molecule has 2 fully saturated rings. The number of hydrogen-bond donors (Lipinski definition) is 2. The molecular formula is C22H22N4O3. The third-order valence-corrected chi connectivity index (χ3v) is 5.99. The number of benzene rings is 1. The van der Waals surface area contributed by atoms with Crippen LogP contribution in [0.1, 0.15) is 26.5 Å². The number of nitrogens with zero attached hydrogens (tertiary/aromatic N) is 2. The molecule has 2 aromatic heterocycles. The van der Waals surface area contributed by atoms with Crippen molar-refractivity contribution in [3.8, 4) is 0 Å². The van der Waals surface area contributed by atoms with Crippen molar-refractivity contribution in [2.75, 3.05) is 25.5 Å². The van der Waals surface area contributed by atoms with E-state index in [0.717, 1.165) is 22.2 Å². The number of furan rings is 1. The number of carbonyl (C=O) groups excluding carboxylic acids is 2. The average Bonchev–Trinajstić information content (AvgIpc) is 3.08. The number of likely N-dealkylation sites (tertiary alicyclic amines) is 1. The van der Waals surface area contributed by atoms with E-state index in [1.807, 2.05) is 43.1 Å². The number of carbonyl (C=O) groups is 2. The van der Waals surface area contributed by atoms with Crippen LogP contribution in [0.5, 0.6) is 0 Å². The summed E-state index contributed by atoms with van der Waals surface area (Å²) in [5, 5.41) is 7.20. The first-order valence-electron chi connectivity index (χ1n) is 9.77. The lowest BCUT2D eigenvalue weighted by atomic mass is 10.1. The van der Waals surface area contributed by atoms with Gasteiger partial charge < -0.3 is 20.0 Å². The van der Waals surface area contributed by atoms with Crippen LogP contribution in [-0.2, 0) is 0 Å². The summed E-state index contributed by atoms with van der Waals surface area (Å²) in [4.78, 5) is 31.6. The minimum atomic E-state index is -0.133. The van der Waals surface area contributed by atoms with Crippen molar-refractivity contribution >= 4 is 28.4 Å². The van der Waals surface area contributed by atoms with Crippen molar-refractivity contribution in [2.24, 2.45) is 11.8 Å². The minimum absolute atomic E-state index is 0.0772. The molecule has 148 valence electrons. The van der Waals surface area contributed by atoms with Crippen LogP contribution in [0, 0.1) is 18.8 Å². The summed E-state index contributed by atoms with van der Waals surface area (Å²) < 4.78 is 5.32. The van der Waals surface area contributed by atoms with E-state index in [1.54, 1.807) is 18.5 Å². The van der Waals surface area contributed by atoms with Crippen LogP contribution in [0.4, 0.5) is 5.69 Å². The zero-order valence-electron chi connectivity index (χ0n) is 16.3. The Balaban J connectivity index is 1.26. The first-order chi connectivity index (χ1) is 14.1. The lowest BCUT2D eigenvalue weighted by molar-refractivity contribution is 0.0738. The van der Waals surface area contributed by atoms with E-state index in [4.69, 9.17) is 4.42 Å². The average molecular weight is 390 g/mol. The van der Waals surface area contributed by atoms with Gasteiger partial charge in [-0.15, -0.1) is 0 Å². The molecule has 3 heterocycles. The molecule has 7 nitrogen and oxygen atoms in total. The number of nitrogens with one attached hydrogen (secondary N) is 2. The van der Waals surface area contributed by atoms with Crippen LogP contribution in [-0.4, -0.2) is 47.9 Å². The molecule has 1 aromatic carbocycles. The Hall–Kier alpha value is -3.35. The highest BCUT2D eigenvalue weighted by Gasteiger charge is 2.57. The summed E-state index contributed by atoms with van der Waals surface area (Å²) in [6.07, 6.45) is 3.21. The third-order valence-electron chi connectivity index (χ3n) is 5.99. The number of piperidine rings is 1. The maximum atomic E-state index is 12.9. The maximum absolute atomic E-state index is 12.9. The van der Waals surface area contributed by atoms with Crippen molar-refractivity contribution in [3.05, 3.63) is 59.7 Å². The molecule has 1 aliphatic carbocycles. The highest BCUT2D eigenvalue weighted by molar-refractivity contribution is 6.07. The lowest BCUT2D eigenvalue weighted by Gasteiger charge is -2.19. The number of aryl methyl sites for hydroxylation is 1.